The molecule has 170 valence electrons. The number of aliphatic hydroxyl groups excluding tert-OH is 1. The van der Waals surface area contributed by atoms with E-state index in [1.54, 1.807) is 0 Å². The molecule has 2 atom stereocenters. The third-order valence-electron chi connectivity index (χ3n) is 7.43. The average molecular weight is 447 g/mol. The zero-order valence-electron chi connectivity index (χ0n) is 18.6. The number of nitrogens with two attached hydrogens (primary N) is 1. The second-order valence-corrected chi connectivity index (χ2v) is 9.59. The maximum absolute atomic E-state index is 14.3. The van der Waals surface area contributed by atoms with Gasteiger partial charge in [0.05, 0.1) is 12.1 Å². The van der Waals surface area contributed by atoms with E-state index in [-0.39, 0.29) is 24.5 Å². The molecule has 2 fully saturated rings. The number of rotatable bonds is 5. The van der Waals surface area contributed by atoms with Gasteiger partial charge in [0.25, 0.3) is 0 Å². The summed E-state index contributed by atoms with van der Waals surface area (Å²) in [5.74, 6) is 0.336. The van der Waals surface area contributed by atoms with E-state index in [2.05, 4.69) is 34.3 Å². The standard InChI is InChI=1S/C25H27FN6O/c1-15(31-9-6-19(27)13-31)17-3-5-22-29-30-24(32(22)12-17)21-4-2-16-10-18(26)11-20(23(16)28-21)25(14-33)7-8-25/h2-5,10-12,15,19,33H,6-9,13-14,27H2,1H3/t15-,19-/m0/s1. The van der Waals surface area contributed by atoms with Crippen LogP contribution >= 0.6 is 0 Å². The number of aliphatic hydroxyl groups is 1. The minimum Gasteiger partial charge on any atom is -0.395 e. The topological polar surface area (TPSA) is 92.6 Å². The van der Waals surface area contributed by atoms with Gasteiger partial charge in [-0.05, 0) is 61.6 Å². The first-order valence-corrected chi connectivity index (χ1v) is 11.5. The fraction of sp³-hybridized carbons (Fsp3) is 0.400. The van der Waals surface area contributed by atoms with Gasteiger partial charge in [-0.1, -0.05) is 12.1 Å². The summed E-state index contributed by atoms with van der Waals surface area (Å²) in [6.45, 7) is 4.08. The van der Waals surface area contributed by atoms with Crippen LogP contribution in [0.2, 0.25) is 0 Å². The third kappa shape index (κ3) is 3.40. The Labute approximate surface area is 191 Å². The summed E-state index contributed by atoms with van der Waals surface area (Å²) in [4.78, 5) is 7.29. The van der Waals surface area contributed by atoms with E-state index in [9.17, 15) is 9.50 Å². The number of hydrogen-bond acceptors (Lipinski definition) is 6. The number of halogens is 1. The Balaban J connectivity index is 1.44. The highest BCUT2D eigenvalue weighted by molar-refractivity contribution is 5.85. The molecule has 1 aliphatic carbocycles. The van der Waals surface area contributed by atoms with Crippen LogP contribution in [0, 0.1) is 5.82 Å². The largest absolute Gasteiger partial charge is 0.395 e. The van der Waals surface area contributed by atoms with Gasteiger partial charge in [0.2, 0.25) is 0 Å². The zero-order valence-corrected chi connectivity index (χ0v) is 18.6. The van der Waals surface area contributed by atoms with Crippen LogP contribution in [0.25, 0.3) is 28.1 Å². The Hall–Kier alpha value is -2.94. The summed E-state index contributed by atoms with van der Waals surface area (Å²) < 4.78 is 16.3. The van der Waals surface area contributed by atoms with Crippen molar-refractivity contribution >= 4 is 16.6 Å². The Kier molecular flexibility index (Phi) is 4.72. The Morgan fingerprint density at radius 3 is 2.79 bits per heavy atom. The molecular formula is C25H27FN6O. The van der Waals surface area contributed by atoms with E-state index >= 15 is 0 Å². The van der Waals surface area contributed by atoms with Crippen LogP contribution in [0.5, 0.6) is 0 Å². The molecule has 1 saturated heterocycles. The number of benzene rings is 1. The molecule has 0 spiro atoms. The minimum atomic E-state index is -0.391. The van der Waals surface area contributed by atoms with Crippen molar-refractivity contribution in [2.24, 2.45) is 5.73 Å². The van der Waals surface area contributed by atoms with E-state index in [0.717, 1.165) is 48.9 Å². The SMILES string of the molecule is C[C@@H](c1ccc2nnc(-c3ccc4cc(F)cc(C5(CO)CC5)c4n3)n2c1)N1CC[C@H](N)C1. The van der Waals surface area contributed by atoms with Crippen LogP contribution in [0.3, 0.4) is 0 Å². The van der Waals surface area contributed by atoms with Crippen molar-refractivity contribution in [2.75, 3.05) is 19.7 Å². The number of hydrogen-bond donors (Lipinski definition) is 2. The molecule has 2 aliphatic rings. The molecule has 0 bridgehead atoms. The zero-order chi connectivity index (χ0) is 22.7. The van der Waals surface area contributed by atoms with Gasteiger partial charge in [-0.25, -0.2) is 9.37 Å². The first-order chi connectivity index (χ1) is 16.0. The summed E-state index contributed by atoms with van der Waals surface area (Å²) in [7, 11) is 0. The Morgan fingerprint density at radius 1 is 1.21 bits per heavy atom. The molecule has 1 aromatic carbocycles. The van der Waals surface area contributed by atoms with Gasteiger partial charge in [-0.3, -0.25) is 9.30 Å². The second-order valence-electron chi connectivity index (χ2n) is 9.59. The van der Waals surface area contributed by atoms with Crippen molar-refractivity contribution < 1.29 is 9.50 Å². The molecule has 7 nitrogen and oxygen atoms in total. The van der Waals surface area contributed by atoms with Crippen LogP contribution in [0.4, 0.5) is 4.39 Å². The monoisotopic (exact) mass is 446 g/mol. The quantitative estimate of drug-likeness (QED) is 0.489. The van der Waals surface area contributed by atoms with E-state index in [4.69, 9.17) is 10.7 Å². The molecule has 0 amide bonds. The van der Waals surface area contributed by atoms with Gasteiger partial charge in [0, 0.05) is 42.2 Å². The fourth-order valence-electron chi connectivity index (χ4n) is 5.10. The molecule has 8 heteroatoms. The van der Waals surface area contributed by atoms with Gasteiger partial charge in [0.1, 0.15) is 11.5 Å². The maximum Gasteiger partial charge on any atom is 0.187 e. The highest BCUT2D eigenvalue weighted by atomic mass is 19.1. The molecule has 6 rings (SSSR count). The summed E-state index contributed by atoms with van der Waals surface area (Å²) >= 11 is 0. The fourth-order valence-corrected chi connectivity index (χ4v) is 5.10. The van der Waals surface area contributed by atoms with Gasteiger partial charge >= 0.3 is 0 Å². The van der Waals surface area contributed by atoms with Gasteiger partial charge in [0.15, 0.2) is 11.5 Å². The molecule has 0 radical (unpaired) electrons. The van der Waals surface area contributed by atoms with Crippen LogP contribution < -0.4 is 5.73 Å². The maximum atomic E-state index is 14.3. The Morgan fingerprint density at radius 2 is 2.06 bits per heavy atom. The minimum absolute atomic E-state index is 0.00721. The summed E-state index contributed by atoms with van der Waals surface area (Å²) in [5, 5.41) is 19.4. The number of pyridine rings is 2. The predicted molar refractivity (Wildman–Crippen MR) is 124 cm³/mol. The highest BCUT2D eigenvalue weighted by Gasteiger charge is 2.45. The second kappa shape index (κ2) is 7.55. The molecule has 3 N–H and O–H groups in total. The van der Waals surface area contributed by atoms with Crippen molar-refractivity contribution in [3.8, 4) is 11.5 Å². The van der Waals surface area contributed by atoms with E-state index in [0.29, 0.717) is 17.0 Å². The average Bonchev–Trinajstić information content (AvgIpc) is 3.32. The van der Waals surface area contributed by atoms with E-state index < -0.39 is 5.41 Å². The number of nitrogens with zero attached hydrogens (tertiary/aromatic N) is 5. The van der Waals surface area contributed by atoms with Gasteiger partial charge in [-0.15, -0.1) is 10.2 Å². The van der Waals surface area contributed by atoms with E-state index in [1.165, 1.54) is 17.7 Å². The molecule has 0 unspecified atom stereocenters. The predicted octanol–water partition coefficient (Wildman–Crippen LogP) is 3.20. The smallest absolute Gasteiger partial charge is 0.187 e. The Bertz CT molecular complexity index is 1360. The molecule has 33 heavy (non-hydrogen) atoms. The lowest BCUT2D eigenvalue weighted by Gasteiger charge is -2.24. The van der Waals surface area contributed by atoms with Crippen molar-refractivity contribution in [3.05, 3.63) is 59.5 Å². The number of aromatic nitrogens is 4. The van der Waals surface area contributed by atoms with Crippen LogP contribution in [0.15, 0.2) is 42.6 Å². The lowest BCUT2D eigenvalue weighted by molar-refractivity contribution is 0.255. The normalized spacial score (nSPS) is 21.2. The summed E-state index contributed by atoms with van der Waals surface area (Å²) in [5.41, 5.74) is 9.79. The van der Waals surface area contributed by atoms with Crippen LogP contribution in [-0.2, 0) is 5.41 Å². The molecular weight excluding hydrogens is 419 g/mol. The number of fused-ring (bicyclic) bond motifs is 2. The molecule has 4 heterocycles. The number of likely N-dealkylation sites (tertiary alicyclic amines) is 1. The van der Waals surface area contributed by atoms with Gasteiger partial charge < -0.3 is 10.8 Å². The van der Waals surface area contributed by atoms with Crippen molar-refractivity contribution in [1.82, 2.24) is 24.5 Å². The summed E-state index contributed by atoms with van der Waals surface area (Å²) in [6, 6.07) is 11.3. The highest BCUT2D eigenvalue weighted by Crippen LogP contribution is 2.50. The van der Waals surface area contributed by atoms with Crippen LogP contribution in [-0.4, -0.2) is 55.3 Å². The summed E-state index contributed by atoms with van der Waals surface area (Å²) in [6.07, 6.45) is 4.77. The van der Waals surface area contributed by atoms with Gasteiger partial charge in [-0.2, -0.15) is 0 Å². The first kappa shape index (κ1) is 20.7. The third-order valence-corrected chi connectivity index (χ3v) is 7.43. The van der Waals surface area contributed by atoms with Crippen molar-refractivity contribution in [2.45, 2.75) is 43.7 Å². The molecule has 1 saturated carbocycles. The molecule has 4 aromatic rings. The lowest BCUT2D eigenvalue weighted by atomic mass is 9.94. The molecule has 3 aromatic heterocycles. The van der Waals surface area contributed by atoms with Crippen LogP contribution in [0.1, 0.15) is 43.4 Å². The van der Waals surface area contributed by atoms with E-state index in [1.807, 2.05) is 22.6 Å². The van der Waals surface area contributed by atoms with Crippen molar-refractivity contribution in [3.63, 3.8) is 0 Å². The van der Waals surface area contributed by atoms with Crippen molar-refractivity contribution in [1.29, 1.82) is 0 Å². The first-order valence-electron chi connectivity index (χ1n) is 11.5. The molecule has 1 aliphatic heterocycles. The lowest BCUT2D eigenvalue weighted by Crippen LogP contribution is -2.28.